The highest BCUT2D eigenvalue weighted by Crippen LogP contribution is 2.29. The molecule has 4 nitrogen and oxygen atoms in total. The molecule has 1 amide bonds. The van der Waals surface area contributed by atoms with Crippen molar-refractivity contribution in [2.75, 3.05) is 6.61 Å². The van der Waals surface area contributed by atoms with Gasteiger partial charge in [-0.05, 0) is 25.8 Å². The van der Waals surface area contributed by atoms with Crippen LogP contribution >= 0.6 is 0 Å². The van der Waals surface area contributed by atoms with Crippen LogP contribution in [0.4, 0.5) is 0 Å². The van der Waals surface area contributed by atoms with Gasteiger partial charge in [0.2, 0.25) is 0 Å². The third-order valence-electron chi connectivity index (χ3n) is 3.31. The normalized spacial score (nSPS) is 18.6. The number of amides is 1. The SMILES string of the molecule is Cc1ccoc1C(=O)NC1(CO)CCCC1. The number of nitrogens with one attached hydrogen (secondary N) is 1. The minimum atomic E-state index is -0.434. The van der Waals surface area contributed by atoms with Crippen LogP contribution < -0.4 is 5.32 Å². The number of furan rings is 1. The predicted octanol–water partition coefficient (Wildman–Crippen LogP) is 1.62. The number of rotatable bonds is 3. The molecule has 88 valence electrons. The molecule has 2 rings (SSSR count). The van der Waals surface area contributed by atoms with Crippen molar-refractivity contribution in [1.29, 1.82) is 0 Å². The van der Waals surface area contributed by atoms with Crippen LogP contribution in [-0.2, 0) is 0 Å². The van der Waals surface area contributed by atoms with E-state index in [0.717, 1.165) is 31.2 Å². The van der Waals surface area contributed by atoms with Crippen LogP contribution in [0.5, 0.6) is 0 Å². The van der Waals surface area contributed by atoms with Gasteiger partial charge in [-0.25, -0.2) is 0 Å². The first kappa shape index (κ1) is 11.2. The van der Waals surface area contributed by atoms with Crippen molar-refractivity contribution in [3.63, 3.8) is 0 Å². The Hall–Kier alpha value is -1.29. The largest absolute Gasteiger partial charge is 0.459 e. The Morgan fingerprint density at radius 2 is 2.25 bits per heavy atom. The second-order valence-electron chi connectivity index (χ2n) is 4.53. The van der Waals surface area contributed by atoms with E-state index >= 15 is 0 Å². The summed E-state index contributed by atoms with van der Waals surface area (Å²) < 4.78 is 5.13. The van der Waals surface area contributed by atoms with Gasteiger partial charge in [0.15, 0.2) is 5.76 Å². The summed E-state index contributed by atoms with van der Waals surface area (Å²) >= 11 is 0. The van der Waals surface area contributed by atoms with Crippen LogP contribution in [0, 0.1) is 6.92 Å². The lowest BCUT2D eigenvalue weighted by Crippen LogP contribution is -2.49. The first-order valence-electron chi connectivity index (χ1n) is 5.64. The first-order chi connectivity index (χ1) is 7.67. The van der Waals surface area contributed by atoms with Crippen LogP contribution in [0.1, 0.15) is 41.8 Å². The molecule has 16 heavy (non-hydrogen) atoms. The van der Waals surface area contributed by atoms with Gasteiger partial charge in [-0.2, -0.15) is 0 Å². The van der Waals surface area contributed by atoms with Crippen molar-refractivity contribution in [3.8, 4) is 0 Å². The summed E-state index contributed by atoms with van der Waals surface area (Å²) in [5, 5.41) is 12.3. The molecule has 1 saturated carbocycles. The second-order valence-corrected chi connectivity index (χ2v) is 4.53. The molecule has 0 unspecified atom stereocenters. The van der Waals surface area contributed by atoms with Crippen LogP contribution in [0.3, 0.4) is 0 Å². The minimum Gasteiger partial charge on any atom is -0.459 e. The van der Waals surface area contributed by atoms with Gasteiger partial charge in [-0.3, -0.25) is 4.79 Å². The zero-order valence-corrected chi connectivity index (χ0v) is 9.45. The molecule has 0 bridgehead atoms. The molecule has 0 aliphatic heterocycles. The lowest BCUT2D eigenvalue weighted by atomic mass is 9.98. The molecule has 1 aliphatic rings. The van der Waals surface area contributed by atoms with E-state index in [4.69, 9.17) is 4.42 Å². The van der Waals surface area contributed by atoms with E-state index in [0.29, 0.717) is 5.76 Å². The summed E-state index contributed by atoms with van der Waals surface area (Å²) in [5.74, 6) is 0.123. The number of carbonyl (C=O) groups excluding carboxylic acids is 1. The summed E-state index contributed by atoms with van der Waals surface area (Å²) in [6.45, 7) is 1.83. The molecule has 4 heteroatoms. The van der Waals surface area contributed by atoms with Crippen molar-refractivity contribution >= 4 is 5.91 Å². The average Bonchev–Trinajstić information content (AvgIpc) is 2.87. The van der Waals surface area contributed by atoms with E-state index in [1.807, 2.05) is 6.92 Å². The maximum absolute atomic E-state index is 11.9. The molecular formula is C12H17NO3. The Labute approximate surface area is 94.6 Å². The van der Waals surface area contributed by atoms with Crippen LogP contribution in [0.15, 0.2) is 16.7 Å². The molecule has 0 aromatic carbocycles. The van der Waals surface area contributed by atoms with Gasteiger partial charge in [0.05, 0.1) is 18.4 Å². The lowest BCUT2D eigenvalue weighted by molar-refractivity contribution is 0.0810. The van der Waals surface area contributed by atoms with E-state index in [-0.39, 0.29) is 12.5 Å². The van der Waals surface area contributed by atoms with Gasteiger partial charge < -0.3 is 14.8 Å². The van der Waals surface area contributed by atoms with Gasteiger partial charge in [0.25, 0.3) is 5.91 Å². The highest BCUT2D eigenvalue weighted by molar-refractivity contribution is 5.93. The molecule has 1 aromatic heterocycles. The van der Waals surface area contributed by atoms with Crippen LogP contribution in [-0.4, -0.2) is 23.2 Å². The molecule has 1 heterocycles. The average molecular weight is 223 g/mol. The second kappa shape index (κ2) is 4.29. The van der Waals surface area contributed by atoms with Crippen LogP contribution in [0.2, 0.25) is 0 Å². The minimum absolute atomic E-state index is 0.00149. The maximum Gasteiger partial charge on any atom is 0.287 e. The van der Waals surface area contributed by atoms with E-state index in [2.05, 4.69) is 5.32 Å². The molecule has 1 aliphatic carbocycles. The van der Waals surface area contributed by atoms with E-state index in [1.165, 1.54) is 6.26 Å². The fourth-order valence-corrected chi connectivity index (χ4v) is 2.28. The molecule has 0 atom stereocenters. The van der Waals surface area contributed by atoms with Crippen molar-refractivity contribution in [1.82, 2.24) is 5.32 Å². The monoisotopic (exact) mass is 223 g/mol. The summed E-state index contributed by atoms with van der Waals surface area (Å²) in [4.78, 5) is 11.9. The predicted molar refractivity (Wildman–Crippen MR) is 59.2 cm³/mol. The molecule has 0 spiro atoms. The van der Waals surface area contributed by atoms with Crippen molar-refractivity contribution in [2.24, 2.45) is 0 Å². The van der Waals surface area contributed by atoms with Crippen molar-refractivity contribution in [3.05, 3.63) is 23.7 Å². The van der Waals surface area contributed by atoms with Gasteiger partial charge in [-0.15, -0.1) is 0 Å². The number of aryl methyl sites for hydroxylation is 1. The van der Waals surface area contributed by atoms with Crippen molar-refractivity contribution in [2.45, 2.75) is 38.1 Å². The summed E-state index contributed by atoms with van der Waals surface area (Å²) in [5.41, 5.74) is 0.389. The zero-order chi connectivity index (χ0) is 11.6. The third kappa shape index (κ3) is 1.97. The maximum atomic E-state index is 11.9. The molecule has 2 N–H and O–H groups in total. The number of aliphatic hydroxyl groups is 1. The Morgan fingerprint density at radius 3 is 2.75 bits per heavy atom. The summed E-state index contributed by atoms with van der Waals surface area (Å²) in [7, 11) is 0. The van der Waals surface area contributed by atoms with Gasteiger partial charge in [0, 0.05) is 5.56 Å². The number of hydrogen-bond acceptors (Lipinski definition) is 3. The van der Waals surface area contributed by atoms with Gasteiger partial charge in [0.1, 0.15) is 0 Å². The Kier molecular flexibility index (Phi) is 3.01. The smallest absolute Gasteiger partial charge is 0.287 e. The Bertz CT molecular complexity index is 377. The highest BCUT2D eigenvalue weighted by Gasteiger charge is 2.35. The quantitative estimate of drug-likeness (QED) is 0.818. The standard InChI is InChI=1S/C12H17NO3/c1-9-4-7-16-10(9)11(15)13-12(8-14)5-2-3-6-12/h4,7,14H,2-3,5-6,8H2,1H3,(H,13,15). The lowest BCUT2D eigenvalue weighted by Gasteiger charge is -2.27. The first-order valence-corrected chi connectivity index (χ1v) is 5.64. The fraction of sp³-hybridized carbons (Fsp3) is 0.583. The molecule has 0 radical (unpaired) electrons. The number of hydrogen-bond donors (Lipinski definition) is 2. The van der Waals surface area contributed by atoms with Gasteiger partial charge >= 0.3 is 0 Å². The molecule has 1 fully saturated rings. The Morgan fingerprint density at radius 1 is 1.56 bits per heavy atom. The van der Waals surface area contributed by atoms with Crippen LogP contribution in [0.25, 0.3) is 0 Å². The van der Waals surface area contributed by atoms with E-state index < -0.39 is 5.54 Å². The number of carbonyl (C=O) groups is 1. The Balaban J connectivity index is 2.09. The number of aliphatic hydroxyl groups excluding tert-OH is 1. The summed E-state index contributed by atoms with van der Waals surface area (Å²) in [6.07, 6.45) is 5.30. The third-order valence-corrected chi connectivity index (χ3v) is 3.31. The molecule has 1 aromatic rings. The fourth-order valence-electron chi connectivity index (χ4n) is 2.28. The molecule has 0 saturated heterocycles. The topological polar surface area (TPSA) is 62.5 Å². The zero-order valence-electron chi connectivity index (χ0n) is 9.45. The highest BCUT2D eigenvalue weighted by atomic mass is 16.3. The molecular weight excluding hydrogens is 206 g/mol. The van der Waals surface area contributed by atoms with E-state index in [1.54, 1.807) is 6.07 Å². The van der Waals surface area contributed by atoms with E-state index in [9.17, 15) is 9.90 Å². The summed E-state index contributed by atoms with van der Waals surface area (Å²) in [6, 6.07) is 1.76. The van der Waals surface area contributed by atoms with Crippen molar-refractivity contribution < 1.29 is 14.3 Å². The van der Waals surface area contributed by atoms with Gasteiger partial charge in [-0.1, -0.05) is 12.8 Å².